The second-order valence-electron chi connectivity index (χ2n) is 4.34. The van der Waals surface area contributed by atoms with Crippen molar-refractivity contribution in [1.82, 2.24) is 9.97 Å². The maximum absolute atomic E-state index is 11.1. The third kappa shape index (κ3) is 2.23. The number of nitro benzene ring substituents is 1. The van der Waals surface area contributed by atoms with Gasteiger partial charge in [-0.2, -0.15) is 0 Å². The molecule has 0 radical (unpaired) electrons. The Morgan fingerprint density at radius 2 is 2.10 bits per heavy atom. The number of halogens is 1. The standard InChI is InChI=1S/C13H10ClN3O3/c14-12-9-7-20-6-5-10(9)15-13(16-12)8-3-1-2-4-11(8)17(18)19/h1-4H,5-7H2. The Kier molecular flexibility index (Phi) is 3.33. The van der Waals surface area contributed by atoms with E-state index in [0.29, 0.717) is 30.4 Å². The average Bonchev–Trinajstić information content (AvgIpc) is 2.47. The summed E-state index contributed by atoms with van der Waals surface area (Å²) >= 11 is 6.13. The second-order valence-corrected chi connectivity index (χ2v) is 4.70. The summed E-state index contributed by atoms with van der Waals surface area (Å²) in [5, 5.41) is 11.4. The molecule has 0 bridgehead atoms. The molecule has 0 unspecified atom stereocenters. The molecule has 0 amide bonds. The van der Waals surface area contributed by atoms with E-state index >= 15 is 0 Å². The van der Waals surface area contributed by atoms with Gasteiger partial charge in [0.1, 0.15) is 5.15 Å². The Labute approximate surface area is 119 Å². The number of benzene rings is 1. The highest BCUT2D eigenvalue weighted by atomic mass is 35.5. The number of nitro groups is 1. The maximum Gasteiger partial charge on any atom is 0.280 e. The largest absolute Gasteiger partial charge is 0.376 e. The summed E-state index contributed by atoms with van der Waals surface area (Å²) in [6.45, 7) is 0.946. The Balaban J connectivity index is 2.16. The van der Waals surface area contributed by atoms with E-state index in [-0.39, 0.29) is 11.5 Å². The maximum atomic E-state index is 11.1. The van der Waals surface area contributed by atoms with Gasteiger partial charge in [-0.1, -0.05) is 23.7 Å². The van der Waals surface area contributed by atoms with Gasteiger partial charge in [0.05, 0.1) is 29.4 Å². The van der Waals surface area contributed by atoms with Crippen molar-refractivity contribution in [1.29, 1.82) is 0 Å². The van der Waals surface area contributed by atoms with Gasteiger partial charge in [-0.3, -0.25) is 10.1 Å². The van der Waals surface area contributed by atoms with Crippen molar-refractivity contribution in [2.45, 2.75) is 13.0 Å². The van der Waals surface area contributed by atoms with Gasteiger partial charge in [-0.15, -0.1) is 0 Å². The summed E-state index contributed by atoms with van der Waals surface area (Å²) in [5.74, 6) is 0.281. The van der Waals surface area contributed by atoms with Gasteiger partial charge in [0.15, 0.2) is 5.82 Å². The Morgan fingerprint density at radius 1 is 1.30 bits per heavy atom. The highest BCUT2D eigenvalue weighted by Gasteiger charge is 2.21. The quantitative estimate of drug-likeness (QED) is 0.483. The predicted octanol–water partition coefficient (Wildman–Crippen LogP) is 2.78. The van der Waals surface area contributed by atoms with Crippen molar-refractivity contribution in [3.8, 4) is 11.4 Å². The van der Waals surface area contributed by atoms with Crippen LogP contribution < -0.4 is 0 Å². The lowest BCUT2D eigenvalue weighted by molar-refractivity contribution is -0.384. The first-order valence-corrected chi connectivity index (χ1v) is 6.41. The lowest BCUT2D eigenvalue weighted by atomic mass is 10.1. The molecule has 1 aliphatic heterocycles. The minimum absolute atomic E-state index is 0.0319. The molecule has 1 aliphatic rings. The number of nitrogens with zero attached hydrogens (tertiary/aromatic N) is 3. The van der Waals surface area contributed by atoms with E-state index in [9.17, 15) is 10.1 Å². The van der Waals surface area contributed by atoms with Gasteiger partial charge >= 0.3 is 0 Å². The van der Waals surface area contributed by atoms with Crippen LogP contribution >= 0.6 is 11.6 Å². The van der Waals surface area contributed by atoms with Crippen LogP contribution in [0.4, 0.5) is 5.69 Å². The first kappa shape index (κ1) is 13.0. The van der Waals surface area contributed by atoms with E-state index in [1.807, 2.05) is 0 Å². The van der Waals surface area contributed by atoms with Gasteiger partial charge in [0.2, 0.25) is 0 Å². The Hall–Kier alpha value is -2.05. The number of hydrogen-bond acceptors (Lipinski definition) is 5. The summed E-state index contributed by atoms with van der Waals surface area (Å²) < 4.78 is 5.31. The van der Waals surface area contributed by atoms with Crippen molar-refractivity contribution >= 4 is 17.3 Å². The fourth-order valence-electron chi connectivity index (χ4n) is 2.13. The SMILES string of the molecule is O=[N+]([O-])c1ccccc1-c1nc(Cl)c2c(n1)CCOC2. The van der Waals surface area contributed by atoms with Crippen LogP contribution in [0.15, 0.2) is 24.3 Å². The van der Waals surface area contributed by atoms with Gasteiger partial charge in [-0.25, -0.2) is 9.97 Å². The highest BCUT2D eigenvalue weighted by molar-refractivity contribution is 6.30. The number of ether oxygens (including phenoxy) is 1. The molecule has 1 aromatic heterocycles. The van der Waals surface area contributed by atoms with Gasteiger partial charge < -0.3 is 4.74 Å². The molecule has 0 saturated heterocycles. The Bertz CT molecular complexity index is 691. The van der Waals surface area contributed by atoms with Crippen LogP contribution in [0.1, 0.15) is 11.3 Å². The molecule has 2 aromatic rings. The fraction of sp³-hybridized carbons (Fsp3) is 0.231. The highest BCUT2D eigenvalue weighted by Crippen LogP contribution is 2.30. The van der Waals surface area contributed by atoms with Gasteiger partial charge in [0, 0.05) is 18.1 Å². The molecule has 102 valence electrons. The molecule has 0 atom stereocenters. The number of hydrogen-bond donors (Lipinski definition) is 0. The van der Waals surface area contributed by atoms with Gasteiger partial charge in [0.25, 0.3) is 5.69 Å². The molecule has 0 spiro atoms. The zero-order valence-corrected chi connectivity index (χ0v) is 11.1. The molecule has 0 saturated carbocycles. The summed E-state index contributed by atoms with van der Waals surface area (Å²) in [6.07, 6.45) is 0.630. The Morgan fingerprint density at radius 3 is 2.90 bits per heavy atom. The van der Waals surface area contributed by atoms with E-state index in [0.717, 1.165) is 11.3 Å². The molecule has 1 aromatic carbocycles. The van der Waals surface area contributed by atoms with Crippen molar-refractivity contribution < 1.29 is 9.66 Å². The molecule has 0 fully saturated rings. The molecule has 3 rings (SSSR count). The molecule has 2 heterocycles. The number of para-hydroxylation sites is 1. The van der Waals surface area contributed by atoms with Crippen LogP contribution in [0.2, 0.25) is 5.15 Å². The lowest BCUT2D eigenvalue weighted by Crippen LogP contribution is -2.14. The molecule has 0 N–H and O–H groups in total. The first-order valence-electron chi connectivity index (χ1n) is 6.03. The predicted molar refractivity (Wildman–Crippen MR) is 72.5 cm³/mol. The normalized spacial score (nSPS) is 13.8. The van der Waals surface area contributed by atoms with Crippen LogP contribution in [0, 0.1) is 10.1 Å². The molecule has 7 heteroatoms. The van der Waals surface area contributed by atoms with Crippen LogP contribution in [-0.4, -0.2) is 21.5 Å². The van der Waals surface area contributed by atoms with Crippen LogP contribution in [0.3, 0.4) is 0 Å². The van der Waals surface area contributed by atoms with E-state index in [1.165, 1.54) is 6.07 Å². The van der Waals surface area contributed by atoms with E-state index in [2.05, 4.69) is 9.97 Å². The molecule has 0 aliphatic carbocycles. The van der Waals surface area contributed by atoms with Crippen molar-refractivity contribution in [3.05, 3.63) is 50.8 Å². The molecular formula is C13H10ClN3O3. The third-order valence-electron chi connectivity index (χ3n) is 3.11. The second kappa shape index (κ2) is 5.15. The van der Waals surface area contributed by atoms with Crippen molar-refractivity contribution in [2.24, 2.45) is 0 Å². The first-order chi connectivity index (χ1) is 9.66. The van der Waals surface area contributed by atoms with E-state index < -0.39 is 4.92 Å². The minimum Gasteiger partial charge on any atom is -0.376 e. The summed E-state index contributed by atoms with van der Waals surface area (Å²) in [5.41, 5.74) is 1.90. The summed E-state index contributed by atoms with van der Waals surface area (Å²) in [4.78, 5) is 19.2. The summed E-state index contributed by atoms with van der Waals surface area (Å²) in [7, 11) is 0. The average molecular weight is 292 g/mol. The molecule has 6 nitrogen and oxygen atoms in total. The van der Waals surface area contributed by atoms with Crippen LogP contribution in [-0.2, 0) is 17.8 Å². The van der Waals surface area contributed by atoms with Crippen LogP contribution in [0.5, 0.6) is 0 Å². The van der Waals surface area contributed by atoms with E-state index in [4.69, 9.17) is 16.3 Å². The number of rotatable bonds is 2. The van der Waals surface area contributed by atoms with Crippen molar-refractivity contribution in [2.75, 3.05) is 6.61 Å². The number of aromatic nitrogens is 2. The van der Waals surface area contributed by atoms with Crippen LogP contribution in [0.25, 0.3) is 11.4 Å². The molecular weight excluding hydrogens is 282 g/mol. The minimum atomic E-state index is -0.449. The lowest BCUT2D eigenvalue weighted by Gasteiger charge is -2.17. The smallest absolute Gasteiger partial charge is 0.280 e. The monoisotopic (exact) mass is 291 g/mol. The zero-order chi connectivity index (χ0) is 14.1. The summed E-state index contributed by atoms with van der Waals surface area (Å²) in [6, 6.07) is 6.36. The number of fused-ring (bicyclic) bond motifs is 1. The third-order valence-corrected chi connectivity index (χ3v) is 3.43. The topological polar surface area (TPSA) is 78.2 Å². The van der Waals surface area contributed by atoms with Gasteiger partial charge in [-0.05, 0) is 6.07 Å². The van der Waals surface area contributed by atoms with E-state index in [1.54, 1.807) is 18.2 Å². The fourth-order valence-corrected chi connectivity index (χ4v) is 2.38. The van der Waals surface area contributed by atoms with Crippen molar-refractivity contribution in [3.63, 3.8) is 0 Å². The molecule has 20 heavy (non-hydrogen) atoms. The zero-order valence-electron chi connectivity index (χ0n) is 10.4.